The predicted octanol–water partition coefficient (Wildman–Crippen LogP) is 1.72. The van der Waals surface area contributed by atoms with Crippen LogP contribution in [0.1, 0.15) is 25.7 Å². The molecule has 1 aliphatic carbocycles. The Morgan fingerprint density at radius 3 is 2.40 bits per heavy atom. The highest BCUT2D eigenvalue weighted by atomic mass is 19.1. The Labute approximate surface area is 61.8 Å². The van der Waals surface area contributed by atoms with Gasteiger partial charge in [0.15, 0.2) is 0 Å². The monoisotopic (exact) mass is 145 g/mol. The van der Waals surface area contributed by atoms with E-state index in [0.717, 1.165) is 0 Å². The Kier molecular flexibility index (Phi) is 3.13. The maximum Gasteiger partial charge on any atom is 0.0937 e. The van der Waals surface area contributed by atoms with Gasteiger partial charge in [0.05, 0.1) is 6.67 Å². The molecule has 1 saturated carbocycles. The number of halogens is 1. The quantitative estimate of drug-likeness (QED) is 0.643. The van der Waals surface area contributed by atoms with Crippen LogP contribution in [0.4, 0.5) is 4.39 Å². The second kappa shape index (κ2) is 3.91. The first kappa shape index (κ1) is 7.99. The minimum Gasteiger partial charge on any atom is -0.330 e. The summed E-state index contributed by atoms with van der Waals surface area (Å²) in [5.74, 6) is 0.748. The van der Waals surface area contributed by atoms with Gasteiger partial charge in [-0.25, -0.2) is 0 Å². The van der Waals surface area contributed by atoms with E-state index in [1.807, 2.05) is 0 Å². The van der Waals surface area contributed by atoms with Crippen molar-refractivity contribution >= 4 is 0 Å². The van der Waals surface area contributed by atoms with Crippen molar-refractivity contribution in [3.8, 4) is 0 Å². The standard InChI is InChI=1S/C8H16FN/c9-5-8(6-10)7-3-1-2-4-7/h7-8H,1-6,10H2. The fourth-order valence-electron chi connectivity index (χ4n) is 1.81. The van der Waals surface area contributed by atoms with E-state index in [9.17, 15) is 4.39 Å². The highest BCUT2D eigenvalue weighted by Gasteiger charge is 2.23. The van der Waals surface area contributed by atoms with Gasteiger partial charge in [0.25, 0.3) is 0 Å². The number of hydrogen-bond donors (Lipinski definition) is 1. The van der Waals surface area contributed by atoms with Gasteiger partial charge in [0.1, 0.15) is 0 Å². The van der Waals surface area contributed by atoms with E-state index in [4.69, 9.17) is 5.73 Å². The van der Waals surface area contributed by atoms with Crippen LogP contribution in [0.5, 0.6) is 0 Å². The molecule has 0 radical (unpaired) electrons. The van der Waals surface area contributed by atoms with E-state index in [0.29, 0.717) is 12.5 Å². The van der Waals surface area contributed by atoms with Gasteiger partial charge in [0.2, 0.25) is 0 Å². The van der Waals surface area contributed by atoms with Gasteiger partial charge in [0, 0.05) is 5.92 Å². The van der Waals surface area contributed by atoms with Crippen molar-refractivity contribution in [1.82, 2.24) is 0 Å². The molecule has 2 N–H and O–H groups in total. The second-order valence-electron chi connectivity index (χ2n) is 3.19. The Bertz CT molecular complexity index is 85.3. The van der Waals surface area contributed by atoms with Crippen molar-refractivity contribution in [3.63, 3.8) is 0 Å². The number of hydrogen-bond acceptors (Lipinski definition) is 1. The molecule has 1 nitrogen and oxygen atoms in total. The Balaban J connectivity index is 2.29. The molecule has 1 aliphatic rings. The summed E-state index contributed by atoms with van der Waals surface area (Å²) in [6.45, 7) is 0.308. The lowest BCUT2D eigenvalue weighted by Crippen LogP contribution is -2.23. The molecule has 0 amide bonds. The van der Waals surface area contributed by atoms with Gasteiger partial charge in [-0.2, -0.15) is 0 Å². The molecule has 0 spiro atoms. The summed E-state index contributed by atoms with van der Waals surface area (Å²) in [6, 6.07) is 0. The highest BCUT2D eigenvalue weighted by Crippen LogP contribution is 2.30. The average Bonchev–Trinajstić information content (AvgIpc) is 2.43. The van der Waals surface area contributed by atoms with Gasteiger partial charge in [-0.1, -0.05) is 25.7 Å². The van der Waals surface area contributed by atoms with Crippen LogP contribution in [0.2, 0.25) is 0 Å². The van der Waals surface area contributed by atoms with Crippen molar-refractivity contribution in [3.05, 3.63) is 0 Å². The van der Waals surface area contributed by atoms with Gasteiger partial charge in [-0.05, 0) is 12.5 Å². The summed E-state index contributed by atoms with van der Waals surface area (Å²) in [5.41, 5.74) is 5.42. The summed E-state index contributed by atoms with van der Waals surface area (Å²) in [7, 11) is 0. The summed E-state index contributed by atoms with van der Waals surface area (Å²) in [5, 5.41) is 0. The van der Waals surface area contributed by atoms with Crippen LogP contribution in [-0.4, -0.2) is 13.2 Å². The zero-order chi connectivity index (χ0) is 7.40. The van der Waals surface area contributed by atoms with Crippen molar-refractivity contribution in [1.29, 1.82) is 0 Å². The molecular formula is C8H16FN. The minimum atomic E-state index is -0.221. The Morgan fingerprint density at radius 2 is 2.00 bits per heavy atom. The third-order valence-electron chi connectivity index (χ3n) is 2.57. The zero-order valence-electron chi connectivity index (χ0n) is 6.35. The van der Waals surface area contributed by atoms with Crippen molar-refractivity contribution in [2.24, 2.45) is 17.6 Å². The molecular weight excluding hydrogens is 129 g/mol. The number of alkyl halides is 1. The van der Waals surface area contributed by atoms with Crippen LogP contribution in [0.25, 0.3) is 0 Å². The lowest BCUT2D eigenvalue weighted by Gasteiger charge is -2.17. The van der Waals surface area contributed by atoms with E-state index >= 15 is 0 Å². The molecule has 0 aromatic rings. The lowest BCUT2D eigenvalue weighted by molar-refractivity contribution is 0.269. The van der Waals surface area contributed by atoms with E-state index < -0.39 is 0 Å². The maximum absolute atomic E-state index is 12.2. The molecule has 0 aromatic heterocycles. The van der Waals surface area contributed by atoms with Gasteiger partial charge >= 0.3 is 0 Å². The van der Waals surface area contributed by atoms with Crippen molar-refractivity contribution < 1.29 is 4.39 Å². The van der Waals surface area contributed by atoms with Gasteiger partial charge in [-0.3, -0.25) is 4.39 Å². The second-order valence-corrected chi connectivity index (χ2v) is 3.19. The van der Waals surface area contributed by atoms with Crippen molar-refractivity contribution in [2.45, 2.75) is 25.7 Å². The molecule has 1 unspecified atom stereocenters. The maximum atomic E-state index is 12.2. The minimum absolute atomic E-state index is 0.155. The van der Waals surface area contributed by atoms with Crippen LogP contribution < -0.4 is 5.73 Å². The van der Waals surface area contributed by atoms with Gasteiger partial charge < -0.3 is 5.73 Å². The molecule has 60 valence electrons. The molecule has 1 rings (SSSR count). The summed E-state index contributed by atoms with van der Waals surface area (Å²) in [6.07, 6.45) is 4.96. The van der Waals surface area contributed by atoms with Crippen molar-refractivity contribution in [2.75, 3.05) is 13.2 Å². The summed E-state index contributed by atoms with van der Waals surface area (Å²) in [4.78, 5) is 0. The first-order valence-electron chi connectivity index (χ1n) is 4.14. The van der Waals surface area contributed by atoms with Crippen LogP contribution >= 0.6 is 0 Å². The molecule has 1 fully saturated rings. The molecule has 10 heavy (non-hydrogen) atoms. The summed E-state index contributed by atoms with van der Waals surface area (Å²) >= 11 is 0. The van der Waals surface area contributed by atoms with Crippen LogP contribution in [0.15, 0.2) is 0 Å². The van der Waals surface area contributed by atoms with Crippen LogP contribution in [-0.2, 0) is 0 Å². The number of rotatable bonds is 3. The normalized spacial score (nSPS) is 23.4. The topological polar surface area (TPSA) is 26.0 Å². The first-order valence-corrected chi connectivity index (χ1v) is 4.14. The largest absolute Gasteiger partial charge is 0.330 e. The Morgan fingerprint density at radius 1 is 1.40 bits per heavy atom. The lowest BCUT2D eigenvalue weighted by atomic mass is 9.92. The fourth-order valence-corrected chi connectivity index (χ4v) is 1.81. The molecule has 0 bridgehead atoms. The molecule has 1 atom stereocenters. The van der Waals surface area contributed by atoms with E-state index in [1.165, 1.54) is 25.7 Å². The average molecular weight is 145 g/mol. The third kappa shape index (κ3) is 1.69. The number of nitrogens with two attached hydrogens (primary N) is 1. The molecule has 0 saturated heterocycles. The molecule has 0 heterocycles. The third-order valence-corrected chi connectivity index (χ3v) is 2.57. The Hall–Kier alpha value is -0.110. The predicted molar refractivity (Wildman–Crippen MR) is 40.5 cm³/mol. The molecule has 0 aromatic carbocycles. The first-order chi connectivity index (χ1) is 4.88. The van der Waals surface area contributed by atoms with Crippen LogP contribution in [0.3, 0.4) is 0 Å². The molecule has 2 heteroatoms. The highest BCUT2D eigenvalue weighted by molar-refractivity contribution is 4.75. The molecule has 0 aliphatic heterocycles. The van der Waals surface area contributed by atoms with Crippen LogP contribution in [0, 0.1) is 11.8 Å². The fraction of sp³-hybridized carbons (Fsp3) is 1.00. The van der Waals surface area contributed by atoms with E-state index in [1.54, 1.807) is 0 Å². The SMILES string of the molecule is NCC(CF)C1CCCC1. The zero-order valence-corrected chi connectivity index (χ0v) is 6.35. The van der Waals surface area contributed by atoms with E-state index in [-0.39, 0.29) is 12.6 Å². The van der Waals surface area contributed by atoms with E-state index in [2.05, 4.69) is 0 Å². The smallest absolute Gasteiger partial charge is 0.0937 e. The summed E-state index contributed by atoms with van der Waals surface area (Å²) < 4.78 is 12.2. The van der Waals surface area contributed by atoms with Gasteiger partial charge in [-0.15, -0.1) is 0 Å².